The predicted molar refractivity (Wildman–Crippen MR) is 78.2 cm³/mol. The van der Waals surface area contributed by atoms with E-state index in [1.54, 1.807) is 4.90 Å². The fraction of sp³-hybridized carbons (Fsp3) is 0.733. The summed E-state index contributed by atoms with van der Waals surface area (Å²) in [6.07, 6.45) is 0.260. The Morgan fingerprint density at radius 2 is 1.87 bits per heavy atom. The molecule has 2 heterocycles. The van der Waals surface area contributed by atoms with Crippen molar-refractivity contribution in [2.45, 2.75) is 38.3 Å². The summed E-state index contributed by atoms with van der Waals surface area (Å²) in [5.41, 5.74) is 2.50. The van der Waals surface area contributed by atoms with Crippen molar-refractivity contribution in [1.82, 2.24) is 20.0 Å². The fourth-order valence-electron chi connectivity index (χ4n) is 3.39. The van der Waals surface area contributed by atoms with E-state index in [-0.39, 0.29) is 12.5 Å². The summed E-state index contributed by atoms with van der Waals surface area (Å²) in [5, 5.41) is 7.12. The number of halogens is 3. The van der Waals surface area contributed by atoms with Gasteiger partial charge in [-0.3, -0.25) is 14.8 Å². The van der Waals surface area contributed by atoms with Crippen LogP contribution in [0.2, 0.25) is 0 Å². The molecular formula is C15H21F3N4O. The van der Waals surface area contributed by atoms with Crippen LogP contribution in [0.1, 0.15) is 41.0 Å². The van der Waals surface area contributed by atoms with Gasteiger partial charge >= 0.3 is 6.18 Å². The Labute approximate surface area is 132 Å². The van der Waals surface area contributed by atoms with Crippen molar-refractivity contribution in [2.75, 3.05) is 32.7 Å². The standard InChI is InChI=1S/C15H21F3N4O/c16-15(17,18)10-21-6-3-7-22(9-8-21)14(23)13-11-4-1-2-5-12(11)19-20-13/h1-10H2,(H,19,20). The molecule has 3 rings (SSSR count). The van der Waals surface area contributed by atoms with Gasteiger partial charge in [-0.05, 0) is 32.1 Å². The number of H-pyrrole nitrogens is 1. The molecule has 0 spiro atoms. The number of aromatic amines is 1. The highest BCUT2D eigenvalue weighted by Gasteiger charge is 2.32. The lowest BCUT2D eigenvalue weighted by molar-refractivity contribution is -0.145. The van der Waals surface area contributed by atoms with Crippen molar-refractivity contribution in [3.05, 3.63) is 17.0 Å². The van der Waals surface area contributed by atoms with Crippen LogP contribution in [0.25, 0.3) is 0 Å². The molecule has 0 saturated carbocycles. The largest absolute Gasteiger partial charge is 0.401 e. The molecule has 1 aromatic rings. The molecular weight excluding hydrogens is 309 g/mol. The first-order valence-electron chi connectivity index (χ1n) is 8.08. The van der Waals surface area contributed by atoms with E-state index in [0.29, 0.717) is 31.7 Å². The van der Waals surface area contributed by atoms with Gasteiger partial charge in [0.05, 0.1) is 6.54 Å². The first-order chi connectivity index (χ1) is 10.9. The normalized spacial score (nSPS) is 20.2. The summed E-state index contributed by atoms with van der Waals surface area (Å²) in [6, 6.07) is 0. The molecule has 0 unspecified atom stereocenters. The van der Waals surface area contributed by atoms with Crippen LogP contribution in [0.15, 0.2) is 0 Å². The van der Waals surface area contributed by atoms with Gasteiger partial charge in [0, 0.05) is 37.4 Å². The Morgan fingerprint density at radius 1 is 1.09 bits per heavy atom. The number of hydrogen-bond donors (Lipinski definition) is 1. The molecule has 23 heavy (non-hydrogen) atoms. The van der Waals surface area contributed by atoms with E-state index in [9.17, 15) is 18.0 Å². The maximum Gasteiger partial charge on any atom is 0.401 e. The van der Waals surface area contributed by atoms with E-state index in [0.717, 1.165) is 36.9 Å². The molecule has 5 nitrogen and oxygen atoms in total. The predicted octanol–water partition coefficient (Wildman–Crippen LogP) is 2.00. The van der Waals surface area contributed by atoms with Gasteiger partial charge in [-0.1, -0.05) is 0 Å². The van der Waals surface area contributed by atoms with Crippen LogP contribution in [-0.2, 0) is 12.8 Å². The van der Waals surface area contributed by atoms with E-state index in [2.05, 4.69) is 10.2 Å². The smallest absolute Gasteiger partial charge is 0.336 e. The summed E-state index contributed by atoms with van der Waals surface area (Å²) < 4.78 is 37.5. The van der Waals surface area contributed by atoms with Gasteiger partial charge < -0.3 is 4.90 Å². The van der Waals surface area contributed by atoms with Crippen molar-refractivity contribution >= 4 is 5.91 Å². The maximum absolute atomic E-state index is 12.7. The van der Waals surface area contributed by atoms with Gasteiger partial charge in [-0.25, -0.2) is 0 Å². The van der Waals surface area contributed by atoms with E-state index in [1.807, 2.05) is 0 Å². The number of fused-ring (bicyclic) bond motifs is 1. The number of carbonyl (C=O) groups excluding carboxylic acids is 1. The molecule has 2 aliphatic rings. The number of amides is 1. The highest BCUT2D eigenvalue weighted by Crippen LogP contribution is 2.24. The Balaban J connectivity index is 1.65. The van der Waals surface area contributed by atoms with Crippen molar-refractivity contribution in [1.29, 1.82) is 0 Å². The summed E-state index contributed by atoms with van der Waals surface area (Å²) >= 11 is 0. The first kappa shape index (κ1) is 16.3. The van der Waals surface area contributed by atoms with Gasteiger partial charge in [0.2, 0.25) is 0 Å². The van der Waals surface area contributed by atoms with Crippen molar-refractivity contribution in [2.24, 2.45) is 0 Å². The number of nitrogens with zero attached hydrogens (tertiary/aromatic N) is 3. The third-order valence-corrected chi connectivity index (χ3v) is 4.54. The van der Waals surface area contributed by atoms with Crippen LogP contribution < -0.4 is 0 Å². The van der Waals surface area contributed by atoms with Crippen LogP contribution in [0, 0.1) is 0 Å². The van der Waals surface area contributed by atoms with E-state index in [4.69, 9.17) is 0 Å². The van der Waals surface area contributed by atoms with Crippen molar-refractivity contribution < 1.29 is 18.0 Å². The molecule has 1 aromatic heterocycles. The topological polar surface area (TPSA) is 52.2 Å². The number of nitrogens with one attached hydrogen (secondary N) is 1. The zero-order chi connectivity index (χ0) is 16.4. The molecule has 1 amide bonds. The molecule has 8 heteroatoms. The average molecular weight is 330 g/mol. The van der Waals surface area contributed by atoms with Gasteiger partial charge in [0.15, 0.2) is 5.69 Å². The average Bonchev–Trinajstić information content (AvgIpc) is 2.79. The van der Waals surface area contributed by atoms with Gasteiger partial charge in [-0.2, -0.15) is 18.3 Å². The van der Waals surface area contributed by atoms with E-state index >= 15 is 0 Å². The molecule has 128 valence electrons. The molecule has 1 N–H and O–H groups in total. The highest BCUT2D eigenvalue weighted by molar-refractivity contribution is 5.94. The van der Waals surface area contributed by atoms with Crippen molar-refractivity contribution in [3.8, 4) is 0 Å². The Hall–Kier alpha value is -1.57. The lowest BCUT2D eigenvalue weighted by atomic mass is 9.95. The highest BCUT2D eigenvalue weighted by atomic mass is 19.4. The molecule has 0 aromatic carbocycles. The Bertz CT molecular complexity index is 570. The number of aromatic nitrogens is 2. The number of carbonyl (C=O) groups is 1. The van der Waals surface area contributed by atoms with Crippen LogP contribution in [-0.4, -0.2) is 64.8 Å². The van der Waals surface area contributed by atoms with Gasteiger partial charge in [0.1, 0.15) is 0 Å². The second kappa shape index (κ2) is 6.51. The second-order valence-corrected chi connectivity index (χ2v) is 6.27. The summed E-state index contributed by atoms with van der Waals surface area (Å²) in [4.78, 5) is 15.7. The molecule has 1 saturated heterocycles. The van der Waals surface area contributed by atoms with Gasteiger partial charge in [0.25, 0.3) is 5.91 Å². The van der Waals surface area contributed by atoms with E-state index < -0.39 is 12.7 Å². The number of rotatable bonds is 2. The van der Waals surface area contributed by atoms with Crippen LogP contribution in [0.5, 0.6) is 0 Å². The molecule has 0 atom stereocenters. The third-order valence-electron chi connectivity index (χ3n) is 4.54. The lowest BCUT2D eigenvalue weighted by Gasteiger charge is -2.22. The summed E-state index contributed by atoms with van der Waals surface area (Å²) in [7, 11) is 0. The minimum atomic E-state index is -4.19. The monoisotopic (exact) mass is 330 g/mol. The fourth-order valence-corrected chi connectivity index (χ4v) is 3.39. The van der Waals surface area contributed by atoms with Crippen LogP contribution in [0.4, 0.5) is 13.2 Å². The van der Waals surface area contributed by atoms with Gasteiger partial charge in [-0.15, -0.1) is 0 Å². The minimum absolute atomic E-state index is 0.154. The molecule has 0 bridgehead atoms. The molecule has 0 radical (unpaired) electrons. The Morgan fingerprint density at radius 3 is 2.65 bits per heavy atom. The lowest BCUT2D eigenvalue weighted by Crippen LogP contribution is -2.38. The summed E-state index contributed by atoms with van der Waals surface area (Å²) in [6.45, 7) is 0.498. The molecule has 1 aliphatic carbocycles. The molecule has 1 fully saturated rings. The quantitative estimate of drug-likeness (QED) is 0.902. The minimum Gasteiger partial charge on any atom is -0.336 e. The number of hydrogen-bond acceptors (Lipinski definition) is 3. The maximum atomic E-state index is 12.7. The SMILES string of the molecule is O=C(c1n[nH]c2c1CCCC2)N1CCCN(CC(F)(F)F)CC1. The van der Waals surface area contributed by atoms with Crippen molar-refractivity contribution in [3.63, 3.8) is 0 Å². The number of aryl methyl sites for hydroxylation is 1. The second-order valence-electron chi connectivity index (χ2n) is 6.27. The van der Waals surface area contributed by atoms with Crippen LogP contribution >= 0.6 is 0 Å². The number of alkyl halides is 3. The van der Waals surface area contributed by atoms with E-state index in [1.165, 1.54) is 4.90 Å². The van der Waals surface area contributed by atoms with Crippen LogP contribution in [0.3, 0.4) is 0 Å². The summed E-state index contributed by atoms with van der Waals surface area (Å²) in [5.74, 6) is -0.154. The third kappa shape index (κ3) is 3.85. The molecule has 1 aliphatic heterocycles. The zero-order valence-electron chi connectivity index (χ0n) is 13.0. The first-order valence-corrected chi connectivity index (χ1v) is 8.08. The Kier molecular flexibility index (Phi) is 4.61. The zero-order valence-corrected chi connectivity index (χ0v) is 13.0.